The number of phenolic OH excluding ortho intramolecular Hbond substituents is 1. The number of benzene rings is 1. The molecule has 6 atom stereocenters. The Bertz CT molecular complexity index is 1450. The molecule has 1 aromatic carbocycles. The van der Waals surface area contributed by atoms with Crippen LogP contribution in [0.5, 0.6) is 5.75 Å². The van der Waals surface area contributed by atoms with E-state index in [-0.39, 0.29) is 29.7 Å². The lowest BCUT2D eigenvalue weighted by Gasteiger charge is -2.50. The molecule has 0 radical (unpaired) electrons. The number of phenols is 1. The Morgan fingerprint density at radius 1 is 1.10 bits per heavy atom. The van der Waals surface area contributed by atoms with Gasteiger partial charge >= 0.3 is 0 Å². The fraction of sp³-hybridized carbons (Fsp3) is 0.581. The number of nitrogens with two attached hydrogens (primary N) is 1. The van der Waals surface area contributed by atoms with Crippen molar-refractivity contribution in [1.29, 1.82) is 0 Å². The molecule has 0 spiro atoms. The molecular formula is C31H40N4O7. The molecule has 0 saturated heterocycles. The van der Waals surface area contributed by atoms with Crippen molar-refractivity contribution in [2.24, 2.45) is 35.3 Å². The van der Waals surface area contributed by atoms with Gasteiger partial charge in [0.1, 0.15) is 22.8 Å². The van der Waals surface area contributed by atoms with E-state index in [1.165, 1.54) is 24.2 Å². The summed E-state index contributed by atoms with van der Waals surface area (Å²) in [6, 6.07) is 0.791. The van der Waals surface area contributed by atoms with E-state index in [9.17, 15) is 34.8 Å². The minimum atomic E-state index is -2.65. The van der Waals surface area contributed by atoms with Gasteiger partial charge in [0.25, 0.3) is 5.91 Å². The molecule has 4 fully saturated rings. The van der Waals surface area contributed by atoms with E-state index in [0.717, 1.165) is 24.1 Å². The number of Topliss-reactive ketones (excluding diaryl/α,β-unsaturated/α-hetero) is 2. The monoisotopic (exact) mass is 580 g/mol. The Morgan fingerprint density at radius 2 is 1.76 bits per heavy atom. The highest BCUT2D eigenvalue weighted by Crippen LogP contribution is 2.55. The second kappa shape index (κ2) is 9.82. The highest BCUT2D eigenvalue weighted by atomic mass is 16.3. The van der Waals surface area contributed by atoms with Crippen LogP contribution in [0.1, 0.15) is 42.4 Å². The largest absolute Gasteiger partial charge is 0.508 e. The Morgan fingerprint density at radius 3 is 2.33 bits per heavy atom. The van der Waals surface area contributed by atoms with Gasteiger partial charge in [-0.3, -0.25) is 19.3 Å². The lowest BCUT2D eigenvalue weighted by Crippen LogP contribution is -2.65. The number of hydrogen-bond acceptors (Lipinski definition) is 10. The molecule has 1 amide bonds. The molecule has 7 N–H and O–H groups in total. The van der Waals surface area contributed by atoms with Crippen molar-refractivity contribution >= 4 is 28.9 Å². The summed E-state index contributed by atoms with van der Waals surface area (Å²) in [4.78, 5) is 43.0. The molecule has 2 unspecified atom stereocenters. The lowest BCUT2D eigenvalue weighted by molar-refractivity contribution is -0.153. The molecule has 0 aliphatic heterocycles. The lowest BCUT2D eigenvalue weighted by atomic mass is 9.57. The maximum absolute atomic E-state index is 14.1. The summed E-state index contributed by atoms with van der Waals surface area (Å²) in [5, 5.41) is 49.4. The van der Waals surface area contributed by atoms with Crippen molar-refractivity contribution in [3.8, 4) is 5.75 Å². The maximum atomic E-state index is 14.1. The third-order valence-electron chi connectivity index (χ3n) is 10.7. The molecule has 6 aliphatic rings. The highest BCUT2D eigenvalue weighted by Gasteiger charge is 2.64. The summed E-state index contributed by atoms with van der Waals surface area (Å²) in [6.07, 6.45) is 4.19. The Balaban J connectivity index is 1.43. The van der Waals surface area contributed by atoms with Crippen LogP contribution in [0, 0.1) is 29.6 Å². The van der Waals surface area contributed by atoms with Crippen molar-refractivity contribution in [1.82, 2.24) is 10.2 Å². The fourth-order valence-electron chi connectivity index (χ4n) is 8.61. The number of primary amides is 1. The van der Waals surface area contributed by atoms with Crippen molar-refractivity contribution in [3.63, 3.8) is 0 Å². The van der Waals surface area contributed by atoms with E-state index in [1.54, 1.807) is 14.1 Å². The zero-order chi connectivity index (χ0) is 30.4. The zero-order valence-corrected chi connectivity index (χ0v) is 24.5. The number of hydrogen-bond donors (Lipinski definition) is 6. The number of carbonyl (C=O) groups excluding carboxylic acids is 3. The SMILES string of the molecule is CN(C)c1cc(CNCC2C3CCC2C3)c(O)c2c1C[C@H]1C[C@H]3[C@H](N(C)C)C(=O)C(C(N)=O)=C(O)[C@@]3(O)C(=O)C1=C2O. The minimum absolute atomic E-state index is 0.0619. The zero-order valence-electron chi connectivity index (χ0n) is 24.5. The first-order valence-corrected chi connectivity index (χ1v) is 14.7. The van der Waals surface area contributed by atoms with Crippen molar-refractivity contribution in [2.45, 2.75) is 50.3 Å². The van der Waals surface area contributed by atoms with Gasteiger partial charge in [-0.2, -0.15) is 0 Å². The topological polar surface area (TPSA) is 177 Å². The van der Waals surface area contributed by atoms with Crippen LogP contribution in [0.15, 0.2) is 23.0 Å². The molecule has 0 heterocycles. The number of rotatable bonds is 7. The van der Waals surface area contributed by atoms with Gasteiger partial charge in [0.15, 0.2) is 11.4 Å². The molecule has 4 saturated carbocycles. The predicted octanol–water partition coefficient (Wildman–Crippen LogP) is 1.17. The van der Waals surface area contributed by atoms with Crippen LogP contribution in [-0.2, 0) is 27.3 Å². The third kappa shape index (κ3) is 3.86. The first-order valence-electron chi connectivity index (χ1n) is 14.7. The van der Waals surface area contributed by atoms with E-state index in [2.05, 4.69) is 5.32 Å². The molecule has 1 aromatic rings. The van der Waals surface area contributed by atoms with E-state index in [1.807, 2.05) is 25.1 Å². The van der Waals surface area contributed by atoms with Crippen LogP contribution in [0.2, 0.25) is 0 Å². The van der Waals surface area contributed by atoms with E-state index in [0.29, 0.717) is 23.6 Å². The van der Waals surface area contributed by atoms with Crippen LogP contribution in [0.4, 0.5) is 5.69 Å². The van der Waals surface area contributed by atoms with Crippen molar-refractivity contribution in [3.05, 3.63) is 39.7 Å². The number of likely N-dealkylation sites (N-methyl/N-ethyl adjacent to an activating group) is 1. The summed E-state index contributed by atoms with van der Waals surface area (Å²) in [5.74, 6) is -4.22. The number of anilines is 1. The maximum Gasteiger partial charge on any atom is 0.255 e. The smallest absolute Gasteiger partial charge is 0.255 e. The number of carbonyl (C=O) groups is 3. The number of amides is 1. The number of fused-ring (bicyclic) bond motifs is 4. The van der Waals surface area contributed by atoms with Crippen LogP contribution in [-0.4, -0.2) is 89.2 Å². The van der Waals surface area contributed by atoms with Gasteiger partial charge in [-0.1, -0.05) is 0 Å². The quantitative estimate of drug-likeness (QED) is 0.257. The Kier molecular flexibility index (Phi) is 6.71. The van der Waals surface area contributed by atoms with Crippen molar-refractivity contribution < 1.29 is 34.8 Å². The molecular weight excluding hydrogens is 540 g/mol. The molecule has 226 valence electrons. The average Bonchev–Trinajstić information content (AvgIpc) is 3.54. The van der Waals surface area contributed by atoms with Crippen molar-refractivity contribution in [2.75, 3.05) is 39.6 Å². The number of nitrogens with zero attached hydrogens (tertiary/aromatic N) is 2. The first kappa shape index (κ1) is 28.7. The van der Waals surface area contributed by atoms with Crippen LogP contribution >= 0.6 is 0 Å². The second-order valence-electron chi connectivity index (χ2n) is 13.2. The molecule has 11 nitrogen and oxygen atoms in total. The normalized spacial score (nSPS) is 33.4. The molecule has 0 aromatic heterocycles. The molecule has 11 heteroatoms. The highest BCUT2D eigenvalue weighted by molar-refractivity contribution is 6.24. The number of ketones is 2. The van der Waals surface area contributed by atoms with Gasteiger partial charge in [-0.25, -0.2) is 0 Å². The Labute approximate surface area is 244 Å². The predicted molar refractivity (Wildman–Crippen MR) is 155 cm³/mol. The van der Waals surface area contributed by atoms with Crippen LogP contribution in [0.3, 0.4) is 0 Å². The van der Waals surface area contributed by atoms with E-state index >= 15 is 0 Å². The summed E-state index contributed by atoms with van der Waals surface area (Å²) in [6.45, 7) is 1.23. The van der Waals surface area contributed by atoms with Crippen LogP contribution in [0.25, 0.3) is 5.76 Å². The molecule has 2 bridgehead atoms. The standard InChI is InChI=1S/C31H40N4O7/c1-34(2)20-10-16(11-33-12-18-13-5-6-14(18)7-13)25(36)22-17(20)8-15-9-19-24(35(3)4)27(38)23(30(32)41)29(40)31(19,42)28(39)21(15)26(22)37/h10,13-15,18-19,24,33,36-37,40,42H,5-9,11-12H2,1-4H3,(H2,32,41)/t13?,14?,15-,18?,19-,24-,31-/m0/s1. The second-order valence-corrected chi connectivity index (χ2v) is 13.2. The van der Waals surface area contributed by atoms with Gasteiger partial charge in [0, 0.05) is 43.4 Å². The molecule has 42 heavy (non-hydrogen) atoms. The number of aliphatic hydroxyl groups excluding tert-OH is 2. The van der Waals surface area contributed by atoms with E-state index in [4.69, 9.17) is 5.73 Å². The first-order chi connectivity index (χ1) is 19.8. The Hall–Kier alpha value is -3.41. The summed E-state index contributed by atoms with van der Waals surface area (Å²) in [5.41, 5.74) is 3.94. The summed E-state index contributed by atoms with van der Waals surface area (Å²) >= 11 is 0. The third-order valence-corrected chi connectivity index (χ3v) is 10.7. The average molecular weight is 581 g/mol. The number of aromatic hydroxyl groups is 1. The molecule has 6 aliphatic carbocycles. The summed E-state index contributed by atoms with van der Waals surface area (Å²) in [7, 11) is 6.90. The number of aliphatic hydroxyl groups is 3. The summed E-state index contributed by atoms with van der Waals surface area (Å²) < 4.78 is 0. The van der Waals surface area contributed by atoms with E-state index < -0.39 is 58.0 Å². The van der Waals surface area contributed by atoms with Gasteiger partial charge in [-0.05, 0) is 88.0 Å². The minimum Gasteiger partial charge on any atom is -0.508 e. The fourth-order valence-corrected chi connectivity index (χ4v) is 8.61. The van der Waals surface area contributed by atoms with Gasteiger partial charge in [0.2, 0.25) is 5.78 Å². The van der Waals surface area contributed by atoms with Gasteiger partial charge in [-0.15, -0.1) is 0 Å². The van der Waals surface area contributed by atoms with Gasteiger partial charge < -0.3 is 36.4 Å². The van der Waals surface area contributed by atoms with Crippen LogP contribution < -0.4 is 16.0 Å². The van der Waals surface area contributed by atoms with Gasteiger partial charge in [0.05, 0.1) is 11.6 Å². The number of nitrogens with one attached hydrogen (secondary N) is 1. The molecule has 7 rings (SSSR count).